The monoisotopic (exact) mass is 237 g/mol. The highest BCUT2D eigenvalue weighted by Crippen LogP contribution is 2.15. The molecule has 6 heteroatoms. The van der Waals surface area contributed by atoms with E-state index >= 15 is 0 Å². The van der Waals surface area contributed by atoms with Gasteiger partial charge in [-0.05, 0) is 18.8 Å². The lowest BCUT2D eigenvalue weighted by atomic mass is 10.1. The number of rotatable bonds is 4. The molecule has 0 radical (unpaired) electrons. The second-order valence-electron chi connectivity index (χ2n) is 4.04. The van der Waals surface area contributed by atoms with Gasteiger partial charge in [0.05, 0.1) is 0 Å². The van der Waals surface area contributed by atoms with E-state index in [0.29, 0.717) is 12.5 Å². The van der Waals surface area contributed by atoms with Gasteiger partial charge in [0.1, 0.15) is 0 Å². The van der Waals surface area contributed by atoms with E-state index in [4.69, 9.17) is 4.74 Å². The van der Waals surface area contributed by atoms with Gasteiger partial charge in [0.2, 0.25) is 0 Å². The van der Waals surface area contributed by atoms with Crippen LogP contribution in [0.15, 0.2) is 17.2 Å². The smallest absolute Gasteiger partial charge is 0.279 e. The molecule has 1 aromatic rings. The van der Waals surface area contributed by atoms with Crippen LogP contribution in [0.3, 0.4) is 0 Å². The molecule has 6 nitrogen and oxygen atoms in total. The second-order valence-corrected chi connectivity index (χ2v) is 4.04. The molecule has 1 amide bonds. The average Bonchev–Trinajstić information content (AvgIpc) is 2.82. The fraction of sp³-hybridized carbons (Fsp3) is 0.545. The van der Waals surface area contributed by atoms with E-state index in [1.54, 1.807) is 0 Å². The normalized spacial score (nSPS) is 19.2. The summed E-state index contributed by atoms with van der Waals surface area (Å²) < 4.78 is 5.24. The van der Waals surface area contributed by atoms with Crippen molar-refractivity contribution in [2.24, 2.45) is 5.92 Å². The van der Waals surface area contributed by atoms with Crippen LogP contribution < -0.4 is 10.9 Å². The number of nitrogens with zero attached hydrogens (tertiary/aromatic N) is 1. The molecule has 0 bridgehead atoms. The van der Waals surface area contributed by atoms with Gasteiger partial charge in [-0.3, -0.25) is 9.59 Å². The van der Waals surface area contributed by atoms with Crippen molar-refractivity contribution in [3.63, 3.8) is 0 Å². The zero-order chi connectivity index (χ0) is 12.1. The molecule has 0 saturated carbocycles. The number of hydrogen-bond donors (Lipinski definition) is 2. The Kier molecular flexibility index (Phi) is 3.87. The van der Waals surface area contributed by atoms with Crippen molar-refractivity contribution in [1.82, 2.24) is 15.3 Å². The number of hydrogen-bond acceptors (Lipinski definition) is 4. The van der Waals surface area contributed by atoms with Crippen LogP contribution in [0.5, 0.6) is 0 Å². The van der Waals surface area contributed by atoms with Crippen molar-refractivity contribution in [2.75, 3.05) is 19.8 Å². The number of H-pyrrole nitrogens is 1. The van der Waals surface area contributed by atoms with E-state index in [-0.39, 0.29) is 5.69 Å². The number of carbonyl (C=O) groups is 1. The number of amides is 1. The van der Waals surface area contributed by atoms with Crippen molar-refractivity contribution in [1.29, 1.82) is 0 Å². The zero-order valence-corrected chi connectivity index (χ0v) is 9.44. The van der Waals surface area contributed by atoms with Gasteiger partial charge < -0.3 is 15.0 Å². The second kappa shape index (κ2) is 5.58. The van der Waals surface area contributed by atoms with E-state index in [1.165, 1.54) is 12.4 Å². The zero-order valence-electron chi connectivity index (χ0n) is 9.44. The van der Waals surface area contributed by atoms with Crippen molar-refractivity contribution < 1.29 is 9.53 Å². The average molecular weight is 237 g/mol. The van der Waals surface area contributed by atoms with Crippen molar-refractivity contribution in [2.45, 2.75) is 12.8 Å². The van der Waals surface area contributed by atoms with E-state index < -0.39 is 11.5 Å². The van der Waals surface area contributed by atoms with Crippen LogP contribution >= 0.6 is 0 Å². The molecule has 1 fully saturated rings. The molecule has 1 saturated heterocycles. The van der Waals surface area contributed by atoms with Crippen molar-refractivity contribution in [3.8, 4) is 0 Å². The topological polar surface area (TPSA) is 84.1 Å². The number of aromatic amines is 1. The van der Waals surface area contributed by atoms with Crippen LogP contribution in [0, 0.1) is 5.92 Å². The number of aromatic nitrogens is 2. The predicted molar refractivity (Wildman–Crippen MR) is 60.7 cm³/mol. The van der Waals surface area contributed by atoms with E-state index in [1.807, 2.05) is 0 Å². The summed E-state index contributed by atoms with van der Waals surface area (Å²) in [6.45, 7) is 2.11. The molecule has 2 heterocycles. The molecule has 0 aromatic carbocycles. The Morgan fingerprint density at radius 3 is 3.24 bits per heavy atom. The van der Waals surface area contributed by atoms with Crippen molar-refractivity contribution >= 4 is 5.91 Å². The summed E-state index contributed by atoms with van der Waals surface area (Å²) in [5, 5.41) is 2.69. The maximum Gasteiger partial charge on any atom is 0.279 e. The van der Waals surface area contributed by atoms with Crippen LogP contribution in [0.4, 0.5) is 0 Å². The predicted octanol–water partition coefficient (Wildman–Crippen LogP) is -0.0737. The summed E-state index contributed by atoms with van der Waals surface area (Å²) >= 11 is 0. The van der Waals surface area contributed by atoms with E-state index in [2.05, 4.69) is 15.3 Å². The van der Waals surface area contributed by atoms with Crippen LogP contribution in [-0.2, 0) is 4.74 Å². The lowest BCUT2D eigenvalue weighted by Crippen LogP contribution is -2.32. The molecular formula is C11H15N3O3. The van der Waals surface area contributed by atoms with Gasteiger partial charge in [-0.2, -0.15) is 0 Å². The minimum absolute atomic E-state index is 0.0878. The lowest BCUT2D eigenvalue weighted by Gasteiger charge is -2.07. The largest absolute Gasteiger partial charge is 0.381 e. The first kappa shape index (κ1) is 11.8. The fourth-order valence-corrected chi connectivity index (χ4v) is 1.80. The first-order chi connectivity index (χ1) is 8.27. The Hall–Kier alpha value is -1.69. The summed E-state index contributed by atoms with van der Waals surface area (Å²) in [6.07, 6.45) is 4.70. The summed E-state index contributed by atoms with van der Waals surface area (Å²) in [7, 11) is 0. The van der Waals surface area contributed by atoms with Gasteiger partial charge in [-0.25, -0.2) is 4.98 Å². The van der Waals surface area contributed by atoms with Crippen molar-refractivity contribution in [3.05, 3.63) is 28.4 Å². The minimum atomic E-state index is -0.464. The Morgan fingerprint density at radius 1 is 1.65 bits per heavy atom. The Labute approximate surface area is 98.4 Å². The molecule has 1 aliphatic heterocycles. The number of carbonyl (C=O) groups excluding carboxylic acids is 1. The van der Waals surface area contributed by atoms with Gasteiger partial charge in [0.15, 0.2) is 5.69 Å². The Bertz CT molecular complexity index is 438. The van der Waals surface area contributed by atoms with Gasteiger partial charge in [0, 0.05) is 32.2 Å². The quantitative estimate of drug-likeness (QED) is 0.767. The standard InChI is InChI=1S/C11H15N3O3/c15-10(9-11(16)14-5-4-12-9)13-3-1-8-2-6-17-7-8/h4-5,8H,1-3,6-7H2,(H,13,15)(H,14,16). The highest BCUT2D eigenvalue weighted by Gasteiger charge is 2.16. The van der Waals surface area contributed by atoms with E-state index in [9.17, 15) is 9.59 Å². The molecule has 2 N–H and O–H groups in total. The molecule has 1 atom stereocenters. The van der Waals surface area contributed by atoms with Crippen LogP contribution in [-0.4, -0.2) is 35.6 Å². The maximum atomic E-state index is 11.6. The highest BCUT2D eigenvalue weighted by molar-refractivity contribution is 5.91. The number of nitrogens with one attached hydrogen (secondary N) is 2. The van der Waals surface area contributed by atoms with Crippen LogP contribution in [0.1, 0.15) is 23.3 Å². The molecular weight excluding hydrogens is 222 g/mol. The summed E-state index contributed by atoms with van der Waals surface area (Å²) in [6, 6.07) is 0. The first-order valence-corrected chi connectivity index (χ1v) is 5.67. The molecule has 92 valence electrons. The number of ether oxygens (including phenoxy) is 1. The summed E-state index contributed by atoms with van der Waals surface area (Å²) in [5.74, 6) is 0.0862. The van der Waals surface area contributed by atoms with Crippen LogP contribution in [0.25, 0.3) is 0 Å². The Balaban J connectivity index is 1.81. The van der Waals surface area contributed by atoms with Gasteiger partial charge in [-0.1, -0.05) is 0 Å². The molecule has 1 aliphatic rings. The SMILES string of the molecule is O=C(NCCC1CCOC1)c1ncc[nH]c1=O. The molecule has 0 spiro atoms. The van der Waals surface area contributed by atoms with Crippen LogP contribution in [0.2, 0.25) is 0 Å². The molecule has 17 heavy (non-hydrogen) atoms. The fourth-order valence-electron chi connectivity index (χ4n) is 1.80. The molecule has 1 unspecified atom stereocenters. The maximum absolute atomic E-state index is 11.6. The first-order valence-electron chi connectivity index (χ1n) is 5.67. The van der Waals surface area contributed by atoms with E-state index in [0.717, 1.165) is 26.1 Å². The lowest BCUT2D eigenvalue weighted by molar-refractivity contribution is 0.0943. The Morgan fingerprint density at radius 2 is 2.53 bits per heavy atom. The van der Waals surface area contributed by atoms with Gasteiger partial charge in [-0.15, -0.1) is 0 Å². The third-order valence-corrected chi connectivity index (χ3v) is 2.78. The summed E-state index contributed by atoms with van der Waals surface area (Å²) in [4.78, 5) is 29.1. The van der Waals surface area contributed by atoms with Gasteiger partial charge >= 0.3 is 0 Å². The third kappa shape index (κ3) is 3.13. The molecule has 1 aromatic heterocycles. The summed E-state index contributed by atoms with van der Waals surface area (Å²) in [5.41, 5.74) is -0.552. The molecule has 2 rings (SSSR count). The minimum Gasteiger partial charge on any atom is -0.381 e. The highest BCUT2D eigenvalue weighted by atomic mass is 16.5. The third-order valence-electron chi connectivity index (χ3n) is 2.78. The van der Waals surface area contributed by atoms with Gasteiger partial charge in [0.25, 0.3) is 11.5 Å². The molecule has 0 aliphatic carbocycles.